The van der Waals surface area contributed by atoms with Crippen molar-refractivity contribution in [2.24, 2.45) is 5.14 Å². The van der Waals surface area contributed by atoms with E-state index in [9.17, 15) is 8.42 Å². The highest BCUT2D eigenvalue weighted by Gasteiger charge is 2.15. The fraction of sp³-hybridized carbons (Fsp3) is 0. The second kappa shape index (κ2) is 3.89. The lowest BCUT2D eigenvalue weighted by Crippen LogP contribution is -2.13. The summed E-state index contributed by atoms with van der Waals surface area (Å²) in [5.74, 6) is 0. The fourth-order valence-electron chi connectivity index (χ4n) is 1.41. The topological polar surface area (TPSA) is 86.2 Å². The van der Waals surface area contributed by atoms with Crippen molar-refractivity contribution in [2.75, 3.05) is 5.73 Å². The molecule has 0 spiro atoms. The smallest absolute Gasteiger partial charge is 0.238 e. The Balaban J connectivity index is 2.72. The van der Waals surface area contributed by atoms with E-state index in [-0.39, 0.29) is 4.90 Å². The van der Waals surface area contributed by atoms with E-state index in [2.05, 4.69) is 0 Å². The van der Waals surface area contributed by atoms with Gasteiger partial charge in [0.05, 0.1) is 4.90 Å². The Morgan fingerprint density at radius 3 is 2.50 bits per heavy atom. The quantitative estimate of drug-likeness (QED) is 0.799. The second-order valence-electron chi connectivity index (χ2n) is 3.28. The molecule has 0 saturated heterocycles. The summed E-state index contributed by atoms with van der Waals surface area (Å²) < 4.78 is 22.9. The van der Waals surface area contributed by atoms with Gasteiger partial charge in [-0.1, -0.05) is 12.1 Å². The van der Waals surface area contributed by atoms with Crippen LogP contribution in [0.5, 0.6) is 0 Å². The molecule has 1 aromatic heterocycles. The molecule has 0 aliphatic heterocycles. The fourth-order valence-corrected chi connectivity index (χ4v) is 3.03. The van der Waals surface area contributed by atoms with Crippen molar-refractivity contribution in [1.82, 2.24) is 0 Å². The summed E-state index contributed by atoms with van der Waals surface area (Å²) in [7, 11) is -3.76. The van der Waals surface area contributed by atoms with E-state index in [0.717, 1.165) is 4.88 Å². The molecule has 1 aromatic carbocycles. The van der Waals surface area contributed by atoms with Gasteiger partial charge >= 0.3 is 0 Å². The molecule has 16 heavy (non-hydrogen) atoms. The van der Waals surface area contributed by atoms with Gasteiger partial charge < -0.3 is 5.73 Å². The first kappa shape index (κ1) is 11.1. The number of primary sulfonamides is 1. The Labute approximate surface area is 97.6 Å². The number of hydrogen-bond acceptors (Lipinski definition) is 4. The highest BCUT2D eigenvalue weighted by atomic mass is 32.2. The molecule has 0 saturated carbocycles. The molecule has 2 rings (SSSR count). The first-order valence-corrected chi connectivity index (χ1v) is 6.87. The van der Waals surface area contributed by atoms with Gasteiger partial charge in [-0.25, -0.2) is 13.6 Å². The molecule has 4 N–H and O–H groups in total. The van der Waals surface area contributed by atoms with E-state index in [4.69, 9.17) is 10.9 Å². The van der Waals surface area contributed by atoms with Crippen LogP contribution in [-0.2, 0) is 10.0 Å². The lowest BCUT2D eigenvalue weighted by molar-refractivity contribution is 0.598. The molecule has 0 radical (unpaired) electrons. The molecule has 84 valence electrons. The molecule has 1 heterocycles. The van der Waals surface area contributed by atoms with E-state index in [1.807, 2.05) is 17.5 Å². The van der Waals surface area contributed by atoms with Gasteiger partial charge in [-0.15, -0.1) is 11.3 Å². The van der Waals surface area contributed by atoms with Crippen molar-refractivity contribution in [3.8, 4) is 10.4 Å². The summed E-state index contributed by atoms with van der Waals surface area (Å²) in [6.07, 6.45) is 0. The molecule has 0 fully saturated rings. The Morgan fingerprint density at radius 1 is 1.19 bits per heavy atom. The maximum absolute atomic E-state index is 11.4. The SMILES string of the molecule is Nc1ccc(-c2cccs2)c(S(N)(=O)=O)c1. The maximum Gasteiger partial charge on any atom is 0.238 e. The van der Waals surface area contributed by atoms with Gasteiger partial charge in [0.25, 0.3) is 0 Å². The van der Waals surface area contributed by atoms with Crippen LogP contribution < -0.4 is 10.9 Å². The third-order valence-electron chi connectivity index (χ3n) is 2.10. The van der Waals surface area contributed by atoms with E-state index >= 15 is 0 Å². The van der Waals surface area contributed by atoms with Crippen LogP contribution in [0.25, 0.3) is 10.4 Å². The van der Waals surface area contributed by atoms with Crippen molar-refractivity contribution in [2.45, 2.75) is 4.90 Å². The monoisotopic (exact) mass is 254 g/mol. The molecule has 2 aromatic rings. The first-order valence-electron chi connectivity index (χ1n) is 4.45. The molecular formula is C10H10N2O2S2. The summed E-state index contributed by atoms with van der Waals surface area (Å²) in [6.45, 7) is 0. The van der Waals surface area contributed by atoms with E-state index < -0.39 is 10.0 Å². The molecule has 0 amide bonds. The number of sulfonamides is 1. The van der Waals surface area contributed by atoms with E-state index in [1.165, 1.54) is 17.4 Å². The molecular weight excluding hydrogens is 244 g/mol. The minimum atomic E-state index is -3.76. The first-order chi connectivity index (χ1) is 7.48. The number of thiophene rings is 1. The number of hydrogen-bond donors (Lipinski definition) is 2. The Morgan fingerprint density at radius 2 is 1.94 bits per heavy atom. The minimum absolute atomic E-state index is 0.0648. The summed E-state index contributed by atoms with van der Waals surface area (Å²) >= 11 is 1.45. The summed E-state index contributed by atoms with van der Waals surface area (Å²) in [5, 5.41) is 7.03. The number of anilines is 1. The Hall–Kier alpha value is -1.37. The number of nitrogens with two attached hydrogens (primary N) is 2. The van der Waals surface area contributed by atoms with Crippen molar-refractivity contribution in [3.05, 3.63) is 35.7 Å². The van der Waals surface area contributed by atoms with Crippen LogP contribution in [0.2, 0.25) is 0 Å². The molecule has 0 unspecified atom stereocenters. The molecule has 0 aliphatic carbocycles. The highest BCUT2D eigenvalue weighted by molar-refractivity contribution is 7.89. The highest BCUT2D eigenvalue weighted by Crippen LogP contribution is 2.31. The van der Waals surface area contributed by atoms with Crippen LogP contribution in [0.4, 0.5) is 5.69 Å². The predicted octanol–water partition coefficient (Wildman–Crippen LogP) is 1.64. The van der Waals surface area contributed by atoms with E-state index in [0.29, 0.717) is 11.3 Å². The second-order valence-corrected chi connectivity index (χ2v) is 5.76. The Bertz CT molecular complexity index is 604. The summed E-state index contributed by atoms with van der Waals surface area (Å²) in [5.41, 5.74) is 6.53. The average molecular weight is 254 g/mol. The van der Waals surface area contributed by atoms with Gasteiger partial charge in [0.1, 0.15) is 0 Å². The zero-order valence-corrected chi connectivity index (χ0v) is 9.88. The zero-order chi connectivity index (χ0) is 11.8. The largest absolute Gasteiger partial charge is 0.399 e. The zero-order valence-electron chi connectivity index (χ0n) is 8.25. The average Bonchev–Trinajstić information content (AvgIpc) is 2.69. The Kier molecular flexibility index (Phi) is 2.71. The maximum atomic E-state index is 11.4. The molecule has 0 bridgehead atoms. The molecule has 4 nitrogen and oxygen atoms in total. The van der Waals surface area contributed by atoms with Gasteiger partial charge in [-0.2, -0.15) is 0 Å². The standard InChI is InChI=1S/C10H10N2O2S2/c11-7-3-4-8(9-2-1-5-15-9)10(6-7)16(12,13)14/h1-6H,11H2,(H2,12,13,14). The van der Waals surface area contributed by atoms with Gasteiger partial charge in [-0.05, 0) is 23.6 Å². The van der Waals surface area contributed by atoms with Crippen LogP contribution in [0.3, 0.4) is 0 Å². The van der Waals surface area contributed by atoms with Gasteiger partial charge in [-0.3, -0.25) is 0 Å². The third-order valence-corrected chi connectivity index (χ3v) is 3.95. The van der Waals surface area contributed by atoms with Crippen LogP contribution in [0.15, 0.2) is 40.6 Å². The minimum Gasteiger partial charge on any atom is -0.399 e. The van der Waals surface area contributed by atoms with Crippen molar-refractivity contribution in [3.63, 3.8) is 0 Å². The third kappa shape index (κ3) is 2.08. The van der Waals surface area contributed by atoms with Crippen LogP contribution in [-0.4, -0.2) is 8.42 Å². The number of benzene rings is 1. The molecule has 0 aliphatic rings. The van der Waals surface area contributed by atoms with Crippen molar-refractivity contribution >= 4 is 27.0 Å². The van der Waals surface area contributed by atoms with Crippen LogP contribution >= 0.6 is 11.3 Å². The molecule has 6 heteroatoms. The molecule has 0 atom stereocenters. The lowest BCUT2D eigenvalue weighted by Gasteiger charge is -2.06. The summed E-state index contributed by atoms with van der Waals surface area (Å²) in [4.78, 5) is 0.916. The number of nitrogen functional groups attached to an aromatic ring is 1. The van der Waals surface area contributed by atoms with Crippen molar-refractivity contribution in [1.29, 1.82) is 0 Å². The number of rotatable bonds is 2. The van der Waals surface area contributed by atoms with Crippen molar-refractivity contribution < 1.29 is 8.42 Å². The van der Waals surface area contributed by atoms with Gasteiger partial charge in [0.15, 0.2) is 0 Å². The van der Waals surface area contributed by atoms with Gasteiger partial charge in [0, 0.05) is 16.1 Å². The van der Waals surface area contributed by atoms with E-state index in [1.54, 1.807) is 12.1 Å². The van der Waals surface area contributed by atoms with Gasteiger partial charge in [0.2, 0.25) is 10.0 Å². The van der Waals surface area contributed by atoms with Crippen LogP contribution in [0, 0.1) is 0 Å². The summed E-state index contributed by atoms with van der Waals surface area (Å²) in [6, 6.07) is 8.39. The lowest BCUT2D eigenvalue weighted by atomic mass is 10.2. The predicted molar refractivity (Wildman–Crippen MR) is 65.5 cm³/mol. The normalized spacial score (nSPS) is 11.6. The van der Waals surface area contributed by atoms with Crippen LogP contribution in [0.1, 0.15) is 0 Å².